The highest BCUT2D eigenvalue weighted by Crippen LogP contribution is 2.47. The summed E-state index contributed by atoms with van der Waals surface area (Å²) < 4.78 is 11.3. The standard InChI is InChI=1S/C30H31NO6/c1-6-37-24-16-15-18(17-20(24)30(2,3)4)27(33)25-26(19-11-7-10-14-23(19)36-5)31(29(35)28(25)34)21-12-8-9-13-22(21)32/h7-17,26,32-33H,6H2,1-5H3/b27-25+. The lowest BCUT2D eigenvalue weighted by molar-refractivity contribution is -0.132. The number of ketones is 1. The van der Waals surface area contributed by atoms with E-state index in [2.05, 4.69) is 0 Å². The fourth-order valence-corrected chi connectivity index (χ4v) is 4.64. The van der Waals surface area contributed by atoms with Gasteiger partial charge in [0.1, 0.15) is 23.0 Å². The van der Waals surface area contributed by atoms with Gasteiger partial charge in [-0.15, -0.1) is 0 Å². The molecule has 37 heavy (non-hydrogen) atoms. The highest BCUT2D eigenvalue weighted by Gasteiger charge is 2.48. The van der Waals surface area contributed by atoms with Crippen LogP contribution in [0, 0.1) is 0 Å². The molecule has 1 saturated heterocycles. The number of ether oxygens (including phenoxy) is 2. The fraction of sp³-hybridized carbons (Fsp3) is 0.267. The Morgan fingerprint density at radius 2 is 1.65 bits per heavy atom. The van der Waals surface area contributed by atoms with Gasteiger partial charge in [0, 0.05) is 16.7 Å². The summed E-state index contributed by atoms with van der Waals surface area (Å²) >= 11 is 0. The number of carbonyl (C=O) groups is 2. The molecule has 7 heteroatoms. The third-order valence-corrected chi connectivity index (χ3v) is 6.38. The molecule has 1 aliphatic heterocycles. The summed E-state index contributed by atoms with van der Waals surface area (Å²) in [6.07, 6.45) is 0. The van der Waals surface area contributed by atoms with Gasteiger partial charge in [0.15, 0.2) is 0 Å². The van der Waals surface area contributed by atoms with Crippen LogP contribution in [0.4, 0.5) is 5.69 Å². The minimum absolute atomic E-state index is 0.0956. The second-order valence-corrected chi connectivity index (χ2v) is 9.79. The Balaban J connectivity index is 2.00. The Morgan fingerprint density at radius 1 is 0.973 bits per heavy atom. The molecule has 0 saturated carbocycles. The first-order chi connectivity index (χ1) is 17.6. The number of carbonyl (C=O) groups excluding carboxylic acids is 2. The SMILES string of the molecule is CCOc1ccc(/C(O)=C2\C(=O)C(=O)N(c3ccccc3O)C2c2ccccc2OC)cc1C(C)(C)C. The predicted molar refractivity (Wildman–Crippen MR) is 142 cm³/mol. The van der Waals surface area contributed by atoms with E-state index in [9.17, 15) is 19.8 Å². The summed E-state index contributed by atoms with van der Waals surface area (Å²) in [5.41, 5.74) is 1.47. The number of aliphatic hydroxyl groups is 1. The van der Waals surface area contributed by atoms with E-state index in [0.29, 0.717) is 29.2 Å². The van der Waals surface area contributed by atoms with Gasteiger partial charge in [-0.1, -0.05) is 51.1 Å². The first-order valence-electron chi connectivity index (χ1n) is 12.1. The molecule has 0 aromatic heterocycles. The molecule has 3 aromatic carbocycles. The molecule has 0 spiro atoms. The van der Waals surface area contributed by atoms with Gasteiger partial charge in [-0.05, 0) is 48.7 Å². The number of nitrogens with zero attached hydrogens (tertiary/aromatic N) is 1. The number of aromatic hydroxyl groups is 1. The summed E-state index contributed by atoms with van der Waals surface area (Å²) in [5, 5.41) is 22.2. The van der Waals surface area contributed by atoms with Gasteiger partial charge < -0.3 is 19.7 Å². The zero-order valence-corrected chi connectivity index (χ0v) is 21.6. The Hall–Kier alpha value is -4.26. The van der Waals surface area contributed by atoms with Crippen LogP contribution in [-0.4, -0.2) is 35.6 Å². The molecule has 7 nitrogen and oxygen atoms in total. The molecule has 1 amide bonds. The van der Waals surface area contributed by atoms with Crippen molar-refractivity contribution in [1.82, 2.24) is 0 Å². The summed E-state index contributed by atoms with van der Waals surface area (Å²) in [7, 11) is 1.49. The Bertz CT molecular complexity index is 1380. The van der Waals surface area contributed by atoms with Crippen molar-refractivity contribution in [3.8, 4) is 17.2 Å². The van der Waals surface area contributed by atoms with Crippen LogP contribution in [0.25, 0.3) is 5.76 Å². The summed E-state index contributed by atoms with van der Waals surface area (Å²) in [6, 6.07) is 17.4. The summed E-state index contributed by atoms with van der Waals surface area (Å²) in [5.74, 6) is -1.09. The molecule has 3 aromatic rings. The van der Waals surface area contributed by atoms with Crippen molar-refractivity contribution in [3.63, 3.8) is 0 Å². The number of phenolic OH excluding ortho intramolecular Hbond substituents is 1. The molecule has 1 heterocycles. The maximum absolute atomic E-state index is 13.5. The third-order valence-electron chi connectivity index (χ3n) is 6.38. The monoisotopic (exact) mass is 501 g/mol. The van der Waals surface area contributed by atoms with Crippen molar-refractivity contribution in [2.75, 3.05) is 18.6 Å². The van der Waals surface area contributed by atoms with Gasteiger partial charge >= 0.3 is 0 Å². The van der Waals surface area contributed by atoms with Gasteiger partial charge in [0.05, 0.1) is 31.0 Å². The molecule has 1 fully saturated rings. The van der Waals surface area contributed by atoms with Crippen LogP contribution in [0.15, 0.2) is 72.3 Å². The van der Waals surface area contributed by atoms with E-state index in [1.807, 2.05) is 27.7 Å². The highest BCUT2D eigenvalue weighted by atomic mass is 16.5. The number of anilines is 1. The number of phenols is 1. The molecular weight excluding hydrogens is 470 g/mol. The van der Waals surface area contributed by atoms with Crippen molar-refractivity contribution in [2.45, 2.75) is 39.2 Å². The molecule has 0 radical (unpaired) electrons. The number of Topliss-reactive ketones (excluding diaryl/α,β-unsaturated/α-hetero) is 1. The molecule has 4 rings (SSSR count). The van der Waals surface area contributed by atoms with E-state index >= 15 is 0 Å². The lowest BCUT2D eigenvalue weighted by atomic mass is 9.84. The number of hydrogen-bond acceptors (Lipinski definition) is 6. The first kappa shape index (κ1) is 25.8. The van der Waals surface area contributed by atoms with Gasteiger partial charge in [0.2, 0.25) is 0 Å². The van der Waals surface area contributed by atoms with Crippen LogP contribution >= 0.6 is 0 Å². The average molecular weight is 502 g/mol. The number of methoxy groups -OCH3 is 1. The van der Waals surface area contributed by atoms with E-state index in [0.717, 1.165) is 5.56 Å². The van der Waals surface area contributed by atoms with Crippen LogP contribution in [0.3, 0.4) is 0 Å². The highest BCUT2D eigenvalue weighted by molar-refractivity contribution is 6.52. The minimum Gasteiger partial charge on any atom is -0.507 e. The molecule has 1 atom stereocenters. The summed E-state index contributed by atoms with van der Waals surface area (Å²) in [6.45, 7) is 8.46. The molecule has 0 aliphatic carbocycles. The minimum atomic E-state index is -1.03. The number of benzene rings is 3. The smallest absolute Gasteiger partial charge is 0.300 e. The normalized spacial score (nSPS) is 17.2. The van der Waals surface area contributed by atoms with Gasteiger partial charge in [-0.3, -0.25) is 14.5 Å². The second-order valence-electron chi connectivity index (χ2n) is 9.79. The van der Waals surface area contributed by atoms with Crippen molar-refractivity contribution in [1.29, 1.82) is 0 Å². The zero-order valence-electron chi connectivity index (χ0n) is 21.6. The Labute approximate surface area is 216 Å². The quantitative estimate of drug-likeness (QED) is 0.255. The number of amides is 1. The van der Waals surface area contributed by atoms with Crippen LogP contribution in [-0.2, 0) is 15.0 Å². The fourth-order valence-electron chi connectivity index (χ4n) is 4.64. The van der Waals surface area contributed by atoms with E-state index < -0.39 is 17.7 Å². The average Bonchev–Trinajstić information content (AvgIpc) is 3.13. The maximum atomic E-state index is 13.5. The third kappa shape index (κ3) is 4.65. The summed E-state index contributed by atoms with van der Waals surface area (Å²) in [4.78, 5) is 28.1. The number of hydrogen-bond donors (Lipinski definition) is 2. The maximum Gasteiger partial charge on any atom is 0.300 e. The molecule has 1 aliphatic rings. The molecular formula is C30H31NO6. The van der Waals surface area contributed by atoms with Gasteiger partial charge in [-0.25, -0.2) is 0 Å². The van der Waals surface area contributed by atoms with E-state index in [1.54, 1.807) is 60.7 Å². The Kier molecular flexibility index (Phi) is 6.99. The van der Waals surface area contributed by atoms with Crippen LogP contribution in [0.1, 0.15) is 50.4 Å². The van der Waals surface area contributed by atoms with Gasteiger partial charge in [0.25, 0.3) is 11.7 Å². The number of para-hydroxylation sites is 3. The van der Waals surface area contributed by atoms with Crippen molar-refractivity contribution in [3.05, 3.63) is 89.0 Å². The number of rotatable bonds is 6. The van der Waals surface area contributed by atoms with Gasteiger partial charge in [-0.2, -0.15) is 0 Å². The molecule has 192 valence electrons. The van der Waals surface area contributed by atoms with Crippen LogP contribution in [0.5, 0.6) is 17.2 Å². The topological polar surface area (TPSA) is 96.3 Å². The second kappa shape index (κ2) is 10.0. The lowest BCUT2D eigenvalue weighted by Gasteiger charge is -2.27. The number of aliphatic hydroxyl groups excluding tert-OH is 1. The van der Waals surface area contributed by atoms with Crippen molar-refractivity contribution in [2.24, 2.45) is 0 Å². The zero-order chi connectivity index (χ0) is 26.9. The van der Waals surface area contributed by atoms with Crippen molar-refractivity contribution < 1.29 is 29.3 Å². The Morgan fingerprint density at radius 3 is 2.30 bits per heavy atom. The van der Waals surface area contributed by atoms with Crippen LogP contribution in [0.2, 0.25) is 0 Å². The molecule has 2 N–H and O–H groups in total. The predicted octanol–water partition coefficient (Wildman–Crippen LogP) is 5.72. The van der Waals surface area contributed by atoms with E-state index in [1.165, 1.54) is 18.1 Å². The molecule has 1 unspecified atom stereocenters. The van der Waals surface area contributed by atoms with Crippen LogP contribution < -0.4 is 14.4 Å². The van der Waals surface area contributed by atoms with E-state index in [4.69, 9.17) is 9.47 Å². The molecule has 0 bridgehead atoms. The van der Waals surface area contributed by atoms with E-state index in [-0.39, 0.29) is 28.2 Å². The van der Waals surface area contributed by atoms with Crippen molar-refractivity contribution >= 4 is 23.1 Å². The first-order valence-corrected chi connectivity index (χ1v) is 12.1. The largest absolute Gasteiger partial charge is 0.507 e. The lowest BCUT2D eigenvalue weighted by Crippen LogP contribution is -2.29.